The molecular weight excluding hydrogens is 350 g/mol. The van der Waals surface area contributed by atoms with Crippen LogP contribution in [0.5, 0.6) is 23.0 Å². The number of benzene rings is 3. The minimum Gasteiger partial charge on any atom is -0.457 e. The van der Waals surface area contributed by atoms with E-state index in [0.717, 1.165) is 17.1 Å². The van der Waals surface area contributed by atoms with Crippen molar-refractivity contribution in [3.05, 3.63) is 102 Å². The van der Waals surface area contributed by atoms with Crippen molar-refractivity contribution >= 4 is 0 Å². The van der Waals surface area contributed by atoms with Gasteiger partial charge in [0.15, 0.2) is 0 Å². The summed E-state index contributed by atoms with van der Waals surface area (Å²) in [6.45, 7) is 0. The Balaban J connectivity index is 1.56. The molecule has 0 atom stereocenters. The van der Waals surface area contributed by atoms with Crippen LogP contribution in [-0.4, -0.2) is 9.97 Å². The van der Waals surface area contributed by atoms with Crippen LogP contribution in [0.1, 0.15) is 17.0 Å². The summed E-state index contributed by atoms with van der Waals surface area (Å²) >= 11 is 0. The van der Waals surface area contributed by atoms with Crippen molar-refractivity contribution in [1.29, 1.82) is 5.26 Å². The van der Waals surface area contributed by atoms with Gasteiger partial charge in [-0.3, -0.25) is 0 Å². The van der Waals surface area contributed by atoms with Crippen molar-refractivity contribution in [1.82, 2.24) is 9.97 Å². The Morgan fingerprint density at radius 3 is 2.39 bits per heavy atom. The predicted molar refractivity (Wildman–Crippen MR) is 106 cm³/mol. The summed E-state index contributed by atoms with van der Waals surface area (Å²) in [7, 11) is 0. The molecular formula is C23H17N3O2. The fraction of sp³-hybridized carbons (Fsp3) is 0.0435. The van der Waals surface area contributed by atoms with Gasteiger partial charge in [-0.2, -0.15) is 5.26 Å². The molecule has 0 radical (unpaired) electrons. The summed E-state index contributed by atoms with van der Waals surface area (Å²) in [5, 5.41) is 9.42. The second-order valence-corrected chi connectivity index (χ2v) is 6.15. The quantitative estimate of drug-likeness (QED) is 0.491. The number of nitrogens with one attached hydrogen (secondary N) is 1. The van der Waals surface area contributed by atoms with Gasteiger partial charge in [0.1, 0.15) is 34.9 Å². The first-order chi connectivity index (χ1) is 13.8. The van der Waals surface area contributed by atoms with Gasteiger partial charge in [0.25, 0.3) is 0 Å². The molecule has 5 nitrogen and oxygen atoms in total. The maximum Gasteiger partial charge on any atom is 0.145 e. The van der Waals surface area contributed by atoms with Crippen molar-refractivity contribution in [3.8, 4) is 29.1 Å². The Kier molecular flexibility index (Phi) is 5.03. The highest BCUT2D eigenvalue weighted by atomic mass is 16.5. The molecule has 4 aromatic rings. The highest BCUT2D eigenvalue weighted by Crippen LogP contribution is 2.30. The first-order valence-corrected chi connectivity index (χ1v) is 8.82. The zero-order valence-corrected chi connectivity index (χ0v) is 15.0. The van der Waals surface area contributed by atoms with Crippen LogP contribution >= 0.6 is 0 Å². The maximum atomic E-state index is 9.42. The Labute approximate surface area is 162 Å². The van der Waals surface area contributed by atoms with Crippen LogP contribution in [0.2, 0.25) is 0 Å². The minimum atomic E-state index is 0.470. The summed E-state index contributed by atoms with van der Waals surface area (Å²) in [4.78, 5) is 7.32. The number of para-hydroxylation sites is 1. The molecule has 4 rings (SSSR count). The van der Waals surface area contributed by atoms with Gasteiger partial charge in [-0.05, 0) is 42.0 Å². The lowest BCUT2D eigenvalue weighted by Gasteiger charge is -2.11. The van der Waals surface area contributed by atoms with Crippen molar-refractivity contribution < 1.29 is 9.47 Å². The van der Waals surface area contributed by atoms with Crippen LogP contribution in [0.4, 0.5) is 0 Å². The van der Waals surface area contributed by atoms with Gasteiger partial charge in [-0.15, -0.1) is 0 Å². The van der Waals surface area contributed by atoms with E-state index in [9.17, 15) is 5.26 Å². The molecule has 0 bridgehead atoms. The van der Waals surface area contributed by atoms with E-state index in [-0.39, 0.29) is 0 Å². The van der Waals surface area contributed by atoms with Gasteiger partial charge in [0.05, 0.1) is 5.56 Å². The van der Waals surface area contributed by atoms with Crippen LogP contribution in [-0.2, 0) is 6.42 Å². The number of nitrogens with zero attached hydrogens (tertiary/aromatic N) is 2. The zero-order chi connectivity index (χ0) is 19.2. The van der Waals surface area contributed by atoms with E-state index in [2.05, 4.69) is 16.0 Å². The molecule has 0 unspecified atom stereocenters. The average Bonchev–Trinajstić information content (AvgIpc) is 3.22. The summed E-state index contributed by atoms with van der Waals surface area (Å²) < 4.78 is 11.9. The standard InChI is InChI=1S/C23H17N3O2/c24-16-18-10-9-17(14-23-25-11-12-26-23)13-22(18)28-21-8-4-7-20(15-21)27-19-5-2-1-3-6-19/h1-13,15H,14H2,(H,25,26). The number of imidazole rings is 1. The lowest BCUT2D eigenvalue weighted by Crippen LogP contribution is -1.94. The molecule has 3 aromatic carbocycles. The van der Waals surface area contributed by atoms with Crippen LogP contribution in [0, 0.1) is 11.3 Å². The molecule has 0 saturated heterocycles. The first kappa shape index (κ1) is 17.4. The molecule has 0 aliphatic rings. The van der Waals surface area contributed by atoms with E-state index in [1.807, 2.05) is 60.7 Å². The molecule has 0 spiro atoms. The van der Waals surface area contributed by atoms with Crippen LogP contribution < -0.4 is 9.47 Å². The summed E-state index contributed by atoms with van der Waals surface area (Å²) in [6, 6.07) is 24.6. The lowest BCUT2D eigenvalue weighted by atomic mass is 10.1. The Morgan fingerprint density at radius 1 is 0.857 bits per heavy atom. The second kappa shape index (κ2) is 8.11. The molecule has 28 heavy (non-hydrogen) atoms. The van der Waals surface area contributed by atoms with Crippen LogP contribution in [0.15, 0.2) is 85.2 Å². The molecule has 1 heterocycles. The fourth-order valence-corrected chi connectivity index (χ4v) is 2.79. The van der Waals surface area contributed by atoms with Gasteiger partial charge in [0.2, 0.25) is 0 Å². The number of aromatic amines is 1. The third-order valence-corrected chi connectivity index (χ3v) is 4.11. The fourth-order valence-electron chi connectivity index (χ4n) is 2.79. The molecule has 1 N–H and O–H groups in total. The van der Waals surface area contributed by atoms with E-state index < -0.39 is 0 Å². The average molecular weight is 367 g/mol. The molecule has 136 valence electrons. The lowest BCUT2D eigenvalue weighted by molar-refractivity contribution is 0.459. The highest BCUT2D eigenvalue weighted by Gasteiger charge is 2.09. The van der Waals surface area contributed by atoms with E-state index in [0.29, 0.717) is 29.2 Å². The second-order valence-electron chi connectivity index (χ2n) is 6.15. The molecule has 1 aromatic heterocycles. The van der Waals surface area contributed by atoms with Gasteiger partial charge < -0.3 is 14.5 Å². The molecule has 0 aliphatic heterocycles. The monoisotopic (exact) mass is 367 g/mol. The number of hydrogen-bond donors (Lipinski definition) is 1. The van der Waals surface area contributed by atoms with E-state index in [4.69, 9.17) is 9.47 Å². The van der Waals surface area contributed by atoms with Gasteiger partial charge in [-0.25, -0.2) is 4.98 Å². The summed E-state index contributed by atoms with van der Waals surface area (Å²) in [5.41, 5.74) is 1.47. The number of nitriles is 1. The van der Waals surface area contributed by atoms with Crippen LogP contribution in [0.3, 0.4) is 0 Å². The highest BCUT2D eigenvalue weighted by molar-refractivity contribution is 5.48. The Bertz CT molecular complexity index is 1100. The third kappa shape index (κ3) is 4.19. The van der Waals surface area contributed by atoms with E-state index in [1.165, 1.54) is 0 Å². The SMILES string of the molecule is N#Cc1ccc(Cc2ncc[nH]2)cc1Oc1cccc(Oc2ccccc2)c1. The Hall–Kier alpha value is -4.04. The molecule has 0 saturated carbocycles. The molecule has 5 heteroatoms. The number of aromatic nitrogens is 2. The topological polar surface area (TPSA) is 70.9 Å². The van der Waals surface area contributed by atoms with Crippen molar-refractivity contribution in [3.63, 3.8) is 0 Å². The summed E-state index contributed by atoms with van der Waals surface area (Å²) in [6.07, 6.45) is 4.13. The molecule has 0 amide bonds. The smallest absolute Gasteiger partial charge is 0.145 e. The third-order valence-electron chi connectivity index (χ3n) is 4.11. The minimum absolute atomic E-state index is 0.470. The number of H-pyrrole nitrogens is 1. The van der Waals surface area contributed by atoms with Crippen molar-refractivity contribution in [2.75, 3.05) is 0 Å². The summed E-state index contributed by atoms with van der Waals surface area (Å²) in [5.74, 6) is 3.36. The predicted octanol–water partition coefficient (Wildman–Crippen LogP) is 5.46. The zero-order valence-electron chi connectivity index (χ0n) is 15.0. The molecule has 0 aliphatic carbocycles. The van der Waals surface area contributed by atoms with Gasteiger partial charge >= 0.3 is 0 Å². The van der Waals surface area contributed by atoms with E-state index in [1.54, 1.807) is 24.5 Å². The molecule has 0 fully saturated rings. The number of ether oxygens (including phenoxy) is 2. The van der Waals surface area contributed by atoms with Gasteiger partial charge in [-0.1, -0.05) is 30.3 Å². The Morgan fingerprint density at radius 2 is 1.64 bits per heavy atom. The van der Waals surface area contributed by atoms with Crippen LogP contribution in [0.25, 0.3) is 0 Å². The van der Waals surface area contributed by atoms with E-state index >= 15 is 0 Å². The van der Waals surface area contributed by atoms with Crippen molar-refractivity contribution in [2.45, 2.75) is 6.42 Å². The maximum absolute atomic E-state index is 9.42. The number of hydrogen-bond acceptors (Lipinski definition) is 4. The van der Waals surface area contributed by atoms with Crippen molar-refractivity contribution in [2.24, 2.45) is 0 Å². The normalized spacial score (nSPS) is 10.2. The van der Waals surface area contributed by atoms with Gasteiger partial charge in [0, 0.05) is 24.9 Å². The largest absolute Gasteiger partial charge is 0.457 e. The number of rotatable bonds is 6. The first-order valence-electron chi connectivity index (χ1n) is 8.82.